The average Bonchev–Trinajstić information content (AvgIpc) is 2.62. The molecule has 1 fully saturated rings. The summed E-state index contributed by atoms with van der Waals surface area (Å²) < 4.78 is 13.1. The van der Waals surface area contributed by atoms with E-state index in [1.165, 1.54) is 6.07 Å². The lowest BCUT2D eigenvalue weighted by Gasteiger charge is -2.20. The molecule has 0 radical (unpaired) electrons. The van der Waals surface area contributed by atoms with Crippen LogP contribution in [0.1, 0.15) is 36.2 Å². The molecular weight excluding hydrogens is 217 g/mol. The summed E-state index contributed by atoms with van der Waals surface area (Å²) >= 11 is 0. The summed E-state index contributed by atoms with van der Waals surface area (Å²) in [5.74, 6) is -0.248. The Bertz CT molecular complexity index is 454. The molecule has 17 heavy (non-hydrogen) atoms. The van der Waals surface area contributed by atoms with Crippen LogP contribution in [-0.2, 0) is 0 Å². The third-order valence-corrected chi connectivity index (χ3v) is 3.37. The number of benzene rings is 1. The fourth-order valence-corrected chi connectivity index (χ4v) is 2.25. The first-order valence-electron chi connectivity index (χ1n) is 5.94. The van der Waals surface area contributed by atoms with Gasteiger partial charge in [-0.2, -0.15) is 0 Å². The van der Waals surface area contributed by atoms with Gasteiger partial charge in [0, 0.05) is 18.7 Å². The SMILES string of the molecule is Cc1cc(C(=O)N2CCC(C)(C)C2)ccc1F. The lowest BCUT2D eigenvalue weighted by molar-refractivity contribution is 0.0778. The van der Waals surface area contributed by atoms with Gasteiger partial charge in [0.15, 0.2) is 0 Å². The Morgan fingerprint density at radius 3 is 2.65 bits per heavy atom. The minimum absolute atomic E-state index is 0.0127. The summed E-state index contributed by atoms with van der Waals surface area (Å²) in [6.07, 6.45) is 1.03. The number of hydrogen-bond donors (Lipinski definition) is 0. The van der Waals surface area contributed by atoms with Gasteiger partial charge in [0.1, 0.15) is 5.82 Å². The molecule has 1 heterocycles. The van der Waals surface area contributed by atoms with Crippen molar-refractivity contribution in [1.82, 2.24) is 4.90 Å². The van der Waals surface area contributed by atoms with Crippen molar-refractivity contribution in [2.75, 3.05) is 13.1 Å². The highest BCUT2D eigenvalue weighted by Crippen LogP contribution is 2.29. The number of carbonyl (C=O) groups excluding carboxylic acids is 1. The topological polar surface area (TPSA) is 20.3 Å². The van der Waals surface area contributed by atoms with E-state index in [9.17, 15) is 9.18 Å². The molecule has 1 aromatic carbocycles. The van der Waals surface area contributed by atoms with Crippen LogP contribution in [0.15, 0.2) is 18.2 Å². The predicted molar refractivity (Wildman–Crippen MR) is 65.4 cm³/mol. The van der Waals surface area contributed by atoms with E-state index >= 15 is 0 Å². The number of aryl methyl sites for hydroxylation is 1. The molecule has 0 unspecified atom stereocenters. The van der Waals surface area contributed by atoms with Gasteiger partial charge < -0.3 is 4.90 Å². The van der Waals surface area contributed by atoms with Crippen LogP contribution in [0, 0.1) is 18.2 Å². The van der Waals surface area contributed by atoms with Crippen LogP contribution in [0.4, 0.5) is 4.39 Å². The van der Waals surface area contributed by atoms with E-state index in [4.69, 9.17) is 0 Å². The van der Waals surface area contributed by atoms with Gasteiger partial charge >= 0.3 is 0 Å². The summed E-state index contributed by atoms with van der Waals surface area (Å²) in [6, 6.07) is 4.56. The van der Waals surface area contributed by atoms with Gasteiger partial charge in [-0.1, -0.05) is 13.8 Å². The number of likely N-dealkylation sites (tertiary alicyclic amines) is 1. The van der Waals surface area contributed by atoms with Crippen LogP contribution in [-0.4, -0.2) is 23.9 Å². The van der Waals surface area contributed by atoms with Crippen molar-refractivity contribution in [3.05, 3.63) is 35.1 Å². The normalized spacial score (nSPS) is 18.5. The Balaban J connectivity index is 2.18. The predicted octanol–water partition coefficient (Wildman–Crippen LogP) is 3.01. The highest BCUT2D eigenvalue weighted by molar-refractivity contribution is 5.94. The zero-order valence-electron chi connectivity index (χ0n) is 10.6. The van der Waals surface area contributed by atoms with E-state index in [2.05, 4.69) is 13.8 Å². The van der Waals surface area contributed by atoms with Crippen molar-refractivity contribution >= 4 is 5.91 Å². The maximum absolute atomic E-state index is 13.1. The van der Waals surface area contributed by atoms with Gasteiger partial charge in [-0.15, -0.1) is 0 Å². The maximum Gasteiger partial charge on any atom is 0.253 e. The average molecular weight is 235 g/mol. The smallest absolute Gasteiger partial charge is 0.253 e. The Hall–Kier alpha value is -1.38. The molecule has 0 atom stereocenters. The quantitative estimate of drug-likeness (QED) is 0.732. The molecule has 0 saturated carbocycles. The van der Waals surface area contributed by atoms with Crippen LogP contribution >= 0.6 is 0 Å². The molecule has 1 amide bonds. The second-order valence-electron chi connectivity index (χ2n) is 5.60. The van der Waals surface area contributed by atoms with Gasteiger partial charge in [0.25, 0.3) is 5.91 Å². The summed E-state index contributed by atoms with van der Waals surface area (Å²) in [6.45, 7) is 7.58. The van der Waals surface area contributed by atoms with Gasteiger partial charge in [-0.05, 0) is 42.5 Å². The van der Waals surface area contributed by atoms with Crippen LogP contribution in [0.25, 0.3) is 0 Å². The van der Waals surface area contributed by atoms with Crippen molar-refractivity contribution < 1.29 is 9.18 Å². The van der Waals surface area contributed by atoms with Crippen LogP contribution < -0.4 is 0 Å². The van der Waals surface area contributed by atoms with E-state index in [0.717, 1.165) is 19.5 Å². The van der Waals surface area contributed by atoms with Crippen molar-refractivity contribution in [3.8, 4) is 0 Å². The Labute approximate surface area is 101 Å². The van der Waals surface area contributed by atoms with E-state index < -0.39 is 0 Å². The van der Waals surface area contributed by atoms with Gasteiger partial charge in [0.2, 0.25) is 0 Å². The number of nitrogens with zero attached hydrogens (tertiary/aromatic N) is 1. The Morgan fingerprint density at radius 1 is 1.41 bits per heavy atom. The molecule has 0 aromatic heterocycles. The van der Waals surface area contributed by atoms with Gasteiger partial charge in [0.05, 0.1) is 0 Å². The van der Waals surface area contributed by atoms with Gasteiger partial charge in [-0.3, -0.25) is 4.79 Å². The molecule has 2 rings (SSSR count). The number of carbonyl (C=O) groups is 1. The minimum atomic E-state index is -0.261. The molecule has 1 aromatic rings. The monoisotopic (exact) mass is 235 g/mol. The summed E-state index contributed by atoms with van der Waals surface area (Å²) in [7, 11) is 0. The van der Waals surface area contributed by atoms with E-state index in [-0.39, 0.29) is 17.1 Å². The van der Waals surface area contributed by atoms with Gasteiger partial charge in [-0.25, -0.2) is 4.39 Å². The van der Waals surface area contributed by atoms with Crippen molar-refractivity contribution in [2.45, 2.75) is 27.2 Å². The fourth-order valence-electron chi connectivity index (χ4n) is 2.25. The first-order chi connectivity index (χ1) is 7.89. The van der Waals surface area contributed by atoms with E-state index in [1.807, 2.05) is 4.90 Å². The minimum Gasteiger partial charge on any atom is -0.338 e. The second kappa shape index (κ2) is 4.13. The van der Waals surface area contributed by atoms with Crippen LogP contribution in [0.5, 0.6) is 0 Å². The molecule has 2 nitrogen and oxygen atoms in total. The highest BCUT2D eigenvalue weighted by atomic mass is 19.1. The molecule has 0 bridgehead atoms. The second-order valence-corrected chi connectivity index (χ2v) is 5.60. The first-order valence-corrected chi connectivity index (χ1v) is 5.94. The third kappa shape index (κ3) is 2.48. The lowest BCUT2D eigenvalue weighted by Crippen LogP contribution is -2.30. The molecule has 0 aliphatic carbocycles. The number of amides is 1. The molecule has 0 spiro atoms. The standard InChI is InChI=1S/C14H18FNO/c1-10-8-11(4-5-12(10)15)13(17)16-7-6-14(2,3)9-16/h4-5,8H,6-7,9H2,1-3H3. The zero-order valence-corrected chi connectivity index (χ0v) is 10.6. The van der Waals surface area contributed by atoms with Crippen LogP contribution in [0.2, 0.25) is 0 Å². The highest BCUT2D eigenvalue weighted by Gasteiger charge is 2.32. The van der Waals surface area contributed by atoms with Crippen molar-refractivity contribution in [1.29, 1.82) is 0 Å². The zero-order chi connectivity index (χ0) is 12.6. The first kappa shape index (κ1) is 12.1. The molecule has 3 heteroatoms. The molecule has 1 saturated heterocycles. The molecule has 92 valence electrons. The molecular formula is C14H18FNO. The molecule has 1 aliphatic rings. The Kier molecular flexibility index (Phi) is 2.94. The number of hydrogen-bond acceptors (Lipinski definition) is 1. The largest absolute Gasteiger partial charge is 0.338 e. The number of rotatable bonds is 1. The maximum atomic E-state index is 13.1. The van der Waals surface area contributed by atoms with E-state index in [0.29, 0.717) is 11.1 Å². The Morgan fingerprint density at radius 2 is 2.12 bits per heavy atom. The lowest BCUT2D eigenvalue weighted by atomic mass is 9.93. The summed E-state index contributed by atoms with van der Waals surface area (Å²) in [5.41, 5.74) is 1.31. The third-order valence-electron chi connectivity index (χ3n) is 3.37. The van der Waals surface area contributed by atoms with Crippen LogP contribution in [0.3, 0.4) is 0 Å². The van der Waals surface area contributed by atoms with E-state index in [1.54, 1.807) is 19.1 Å². The van der Waals surface area contributed by atoms with Crippen molar-refractivity contribution in [3.63, 3.8) is 0 Å². The number of halogens is 1. The van der Waals surface area contributed by atoms with Crippen molar-refractivity contribution in [2.24, 2.45) is 5.41 Å². The molecule has 0 N–H and O–H groups in total. The summed E-state index contributed by atoms with van der Waals surface area (Å²) in [5, 5.41) is 0. The fraction of sp³-hybridized carbons (Fsp3) is 0.500. The summed E-state index contributed by atoms with van der Waals surface area (Å²) in [4.78, 5) is 14.1. The molecule has 1 aliphatic heterocycles.